The lowest BCUT2D eigenvalue weighted by Gasteiger charge is -2.31. The minimum atomic E-state index is -0.393. The van der Waals surface area contributed by atoms with Crippen molar-refractivity contribution in [3.63, 3.8) is 0 Å². The average molecular weight is 340 g/mol. The van der Waals surface area contributed by atoms with Crippen molar-refractivity contribution in [3.8, 4) is 5.75 Å². The predicted octanol–water partition coefficient (Wildman–Crippen LogP) is 2.08. The number of hydrogen-bond acceptors (Lipinski definition) is 6. The molecule has 1 aliphatic rings. The van der Waals surface area contributed by atoms with Crippen LogP contribution >= 0.6 is 0 Å². The summed E-state index contributed by atoms with van der Waals surface area (Å²) in [6.07, 6.45) is 4.04. The van der Waals surface area contributed by atoms with Gasteiger partial charge in [0.1, 0.15) is 11.6 Å². The van der Waals surface area contributed by atoms with E-state index in [-0.39, 0.29) is 11.7 Å². The highest BCUT2D eigenvalue weighted by molar-refractivity contribution is 5.37. The fourth-order valence-corrected chi connectivity index (χ4v) is 3.52. The lowest BCUT2D eigenvalue weighted by atomic mass is 9.97. The van der Waals surface area contributed by atoms with E-state index in [1.165, 1.54) is 6.07 Å². The van der Waals surface area contributed by atoms with Crippen molar-refractivity contribution in [1.29, 1.82) is 0 Å². The van der Waals surface area contributed by atoms with Gasteiger partial charge in [0.25, 0.3) is 0 Å². The van der Waals surface area contributed by atoms with Crippen LogP contribution in [-0.4, -0.2) is 37.7 Å². The fourth-order valence-electron chi connectivity index (χ4n) is 3.52. The molecule has 1 N–H and O–H groups in total. The fraction of sp³-hybridized carbons (Fsp3) is 0.389. The predicted molar refractivity (Wildman–Crippen MR) is 91.6 cm³/mol. The number of pyridine rings is 1. The number of fused-ring (bicyclic) bond motifs is 1. The first-order chi connectivity index (χ1) is 12.1. The molecule has 4 rings (SSSR count). The van der Waals surface area contributed by atoms with Gasteiger partial charge in [-0.2, -0.15) is 0 Å². The molecule has 130 valence electrons. The number of aryl methyl sites for hydroxylation is 1. The Balaban J connectivity index is 1.57. The second-order valence-corrected chi connectivity index (χ2v) is 6.55. The quantitative estimate of drug-likeness (QED) is 0.786. The van der Waals surface area contributed by atoms with Crippen LogP contribution in [0.3, 0.4) is 0 Å². The molecule has 0 aliphatic carbocycles. The molecule has 1 aliphatic heterocycles. The van der Waals surface area contributed by atoms with Gasteiger partial charge in [0.05, 0.1) is 6.54 Å². The van der Waals surface area contributed by atoms with Gasteiger partial charge in [0.2, 0.25) is 11.2 Å². The van der Waals surface area contributed by atoms with Crippen LogP contribution in [0.2, 0.25) is 0 Å². The molecule has 0 amide bonds. The molecule has 7 nitrogen and oxygen atoms in total. The van der Waals surface area contributed by atoms with Gasteiger partial charge in [-0.05, 0) is 38.4 Å². The molecule has 1 atom stereocenters. The Kier molecular flexibility index (Phi) is 4.01. The third kappa shape index (κ3) is 3.02. The zero-order valence-corrected chi connectivity index (χ0v) is 14.1. The smallest absolute Gasteiger partial charge is 0.227 e. The van der Waals surface area contributed by atoms with Gasteiger partial charge in [-0.3, -0.25) is 14.1 Å². The molecule has 0 aromatic carbocycles. The van der Waals surface area contributed by atoms with Crippen LogP contribution in [-0.2, 0) is 6.54 Å². The van der Waals surface area contributed by atoms with E-state index in [1.807, 2.05) is 28.8 Å². The summed E-state index contributed by atoms with van der Waals surface area (Å²) in [6, 6.07) is 7.17. The van der Waals surface area contributed by atoms with Crippen molar-refractivity contribution >= 4 is 5.65 Å². The van der Waals surface area contributed by atoms with E-state index in [0.29, 0.717) is 18.1 Å². The van der Waals surface area contributed by atoms with Gasteiger partial charge in [-0.25, -0.2) is 0 Å². The van der Waals surface area contributed by atoms with Crippen molar-refractivity contribution in [1.82, 2.24) is 19.5 Å². The highest BCUT2D eigenvalue weighted by Gasteiger charge is 2.26. The first-order valence-corrected chi connectivity index (χ1v) is 8.46. The molecule has 0 bridgehead atoms. The van der Waals surface area contributed by atoms with Gasteiger partial charge in [0, 0.05) is 24.7 Å². The van der Waals surface area contributed by atoms with Crippen LogP contribution in [0.4, 0.5) is 0 Å². The first-order valence-electron chi connectivity index (χ1n) is 8.46. The van der Waals surface area contributed by atoms with Crippen molar-refractivity contribution in [3.05, 3.63) is 58.0 Å². The number of aromatic nitrogens is 3. The summed E-state index contributed by atoms with van der Waals surface area (Å²) in [5.74, 6) is 1.76. The zero-order chi connectivity index (χ0) is 17.4. The number of nitrogens with zero attached hydrogens (tertiary/aromatic N) is 4. The standard InChI is InChI=1S/C18H20N4O3/c1-12-9-14(23)17(24)15(25-12)11-21-7-4-5-13(10-21)18-20-19-16-6-2-3-8-22(16)18/h2-3,6,8-9,13,24H,4-5,7,10-11H2,1H3/t13-/m0/s1. The monoisotopic (exact) mass is 340 g/mol. The Bertz CT molecular complexity index is 962. The number of hydrogen-bond donors (Lipinski definition) is 1. The maximum Gasteiger partial charge on any atom is 0.227 e. The number of aromatic hydroxyl groups is 1. The van der Waals surface area contributed by atoms with Gasteiger partial charge in [0.15, 0.2) is 11.4 Å². The molecule has 3 aromatic heterocycles. The number of rotatable bonds is 3. The molecule has 0 unspecified atom stereocenters. The molecule has 25 heavy (non-hydrogen) atoms. The van der Waals surface area contributed by atoms with Crippen LogP contribution < -0.4 is 5.43 Å². The van der Waals surface area contributed by atoms with Crippen molar-refractivity contribution < 1.29 is 9.52 Å². The maximum absolute atomic E-state index is 11.7. The maximum atomic E-state index is 11.7. The van der Waals surface area contributed by atoms with E-state index in [4.69, 9.17) is 4.42 Å². The summed E-state index contributed by atoms with van der Waals surface area (Å²) >= 11 is 0. The Morgan fingerprint density at radius 3 is 3.12 bits per heavy atom. The van der Waals surface area contributed by atoms with Crippen molar-refractivity contribution in [2.75, 3.05) is 13.1 Å². The van der Waals surface area contributed by atoms with Crippen molar-refractivity contribution in [2.24, 2.45) is 0 Å². The highest BCUT2D eigenvalue weighted by atomic mass is 16.4. The Morgan fingerprint density at radius 1 is 1.36 bits per heavy atom. The van der Waals surface area contributed by atoms with Crippen LogP contribution in [0.25, 0.3) is 5.65 Å². The SMILES string of the molecule is Cc1cc(=O)c(O)c(CN2CCC[C@H](c3nnc4ccccn34)C2)o1. The summed E-state index contributed by atoms with van der Waals surface area (Å²) in [6.45, 7) is 3.80. The van der Waals surface area contributed by atoms with Gasteiger partial charge < -0.3 is 9.52 Å². The van der Waals surface area contributed by atoms with Gasteiger partial charge in [-0.15, -0.1) is 10.2 Å². The van der Waals surface area contributed by atoms with Crippen molar-refractivity contribution in [2.45, 2.75) is 32.2 Å². The lowest BCUT2D eigenvalue weighted by Crippen LogP contribution is -2.34. The van der Waals surface area contributed by atoms with Crippen LogP contribution in [0.1, 0.15) is 36.1 Å². The van der Waals surface area contributed by atoms with Crippen LogP contribution in [0, 0.1) is 6.92 Å². The molecule has 0 saturated carbocycles. The molecule has 0 radical (unpaired) electrons. The first kappa shape index (κ1) is 15.8. The Morgan fingerprint density at radius 2 is 2.24 bits per heavy atom. The van der Waals surface area contributed by atoms with E-state index >= 15 is 0 Å². The number of piperidine rings is 1. The van der Waals surface area contributed by atoms with Crippen LogP contribution in [0.5, 0.6) is 5.75 Å². The molecule has 0 spiro atoms. The summed E-state index contributed by atoms with van der Waals surface area (Å²) in [5, 5.41) is 18.6. The molecule has 1 fully saturated rings. The Hall–Kier alpha value is -2.67. The molecular formula is C18H20N4O3. The zero-order valence-electron chi connectivity index (χ0n) is 14.1. The molecule has 7 heteroatoms. The van der Waals surface area contributed by atoms with E-state index in [2.05, 4.69) is 15.1 Å². The third-order valence-electron chi connectivity index (χ3n) is 4.69. The van der Waals surface area contributed by atoms with Gasteiger partial charge in [-0.1, -0.05) is 6.07 Å². The lowest BCUT2D eigenvalue weighted by molar-refractivity contribution is 0.177. The third-order valence-corrected chi connectivity index (χ3v) is 4.69. The summed E-state index contributed by atoms with van der Waals surface area (Å²) < 4.78 is 7.59. The number of likely N-dealkylation sites (tertiary alicyclic amines) is 1. The highest BCUT2D eigenvalue weighted by Crippen LogP contribution is 2.28. The second kappa shape index (κ2) is 6.33. The normalized spacial score (nSPS) is 18.7. The van der Waals surface area contributed by atoms with E-state index in [9.17, 15) is 9.90 Å². The second-order valence-electron chi connectivity index (χ2n) is 6.55. The average Bonchev–Trinajstić information content (AvgIpc) is 3.03. The largest absolute Gasteiger partial charge is 0.502 e. The van der Waals surface area contributed by atoms with E-state index < -0.39 is 5.43 Å². The molecule has 3 aromatic rings. The topological polar surface area (TPSA) is 83.9 Å². The van der Waals surface area contributed by atoms with E-state index in [0.717, 1.165) is 37.4 Å². The molecule has 1 saturated heterocycles. The molecular weight excluding hydrogens is 320 g/mol. The molecule has 4 heterocycles. The van der Waals surface area contributed by atoms with E-state index in [1.54, 1.807) is 6.92 Å². The summed E-state index contributed by atoms with van der Waals surface area (Å²) in [5.41, 5.74) is 0.452. The summed E-state index contributed by atoms with van der Waals surface area (Å²) in [7, 11) is 0. The van der Waals surface area contributed by atoms with Gasteiger partial charge >= 0.3 is 0 Å². The van der Waals surface area contributed by atoms with Crippen LogP contribution in [0.15, 0.2) is 39.7 Å². The Labute approximate surface area is 144 Å². The minimum absolute atomic E-state index is 0.254. The minimum Gasteiger partial charge on any atom is -0.502 e. The summed E-state index contributed by atoms with van der Waals surface area (Å²) in [4.78, 5) is 13.9.